The van der Waals surface area contributed by atoms with Gasteiger partial charge in [0, 0.05) is 0 Å². The van der Waals surface area contributed by atoms with Crippen molar-refractivity contribution in [3.63, 3.8) is 0 Å². The van der Waals surface area contributed by atoms with Crippen LogP contribution >= 0.6 is 0 Å². The topological polar surface area (TPSA) is 45.4 Å². The summed E-state index contributed by atoms with van der Waals surface area (Å²) in [5.41, 5.74) is -1.32. The van der Waals surface area contributed by atoms with Gasteiger partial charge < -0.3 is 4.84 Å². The van der Waals surface area contributed by atoms with E-state index in [1.54, 1.807) is 6.07 Å². The molecule has 0 aliphatic rings. The molecule has 1 aromatic carbocycles. The Morgan fingerprint density at radius 1 is 1.06 bits per heavy atom. The van der Waals surface area contributed by atoms with Crippen molar-refractivity contribution in [1.29, 1.82) is 5.26 Å². The molecule has 0 heterocycles. The number of nitrogens with zero attached hydrogens (tertiary/aromatic N) is 2. The second-order valence-electron chi connectivity index (χ2n) is 3.11. The first-order valence-corrected chi connectivity index (χ1v) is 4.47. The first kappa shape index (κ1) is 13.9. The van der Waals surface area contributed by atoms with E-state index in [2.05, 4.69) is 9.99 Å². The van der Waals surface area contributed by atoms with Crippen LogP contribution in [0.15, 0.2) is 5.16 Å². The smallest absolute Gasteiger partial charge is 0.200 e. The van der Waals surface area contributed by atoms with Crippen LogP contribution in [0.1, 0.15) is 12.5 Å². The fourth-order valence-electron chi connectivity index (χ4n) is 0.991. The van der Waals surface area contributed by atoms with Crippen LogP contribution in [0.3, 0.4) is 0 Å². The molecule has 0 aliphatic carbocycles. The summed E-state index contributed by atoms with van der Waals surface area (Å²) in [6.07, 6.45) is 0. The largest absolute Gasteiger partial charge is 0.390 e. The Balaban J connectivity index is 3.08. The first-order valence-electron chi connectivity index (χ1n) is 4.47. The van der Waals surface area contributed by atoms with E-state index in [0.29, 0.717) is 0 Å². The lowest BCUT2D eigenvalue weighted by molar-refractivity contribution is 0.123. The minimum atomic E-state index is -2.24. The van der Waals surface area contributed by atoms with Crippen LogP contribution in [0.2, 0.25) is 0 Å². The molecule has 1 aromatic rings. The van der Waals surface area contributed by atoms with Gasteiger partial charge in [0.25, 0.3) is 0 Å². The van der Waals surface area contributed by atoms with Crippen LogP contribution in [0.25, 0.3) is 0 Å². The number of hydrogen-bond donors (Lipinski definition) is 0. The molecule has 0 spiro atoms. The van der Waals surface area contributed by atoms with Gasteiger partial charge in [-0.1, -0.05) is 5.16 Å². The molecule has 0 aliphatic heterocycles. The molecule has 0 bridgehead atoms. The third kappa shape index (κ3) is 2.56. The van der Waals surface area contributed by atoms with Crippen molar-refractivity contribution in [2.24, 2.45) is 5.16 Å². The highest BCUT2D eigenvalue weighted by Crippen LogP contribution is 2.23. The molecule has 0 unspecified atom stereocenters. The average Bonchev–Trinajstić information content (AvgIpc) is 2.37. The zero-order valence-corrected chi connectivity index (χ0v) is 8.90. The second-order valence-corrected chi connectivity index (χ2v) is 3.11. The Labute approximate surface area is 98.1 Å². The second kappa shape index (κ2) is 5.44. The van der Waals surface area contributed by atoms with E-state index in [4.69, 9.17) is 5.26 Å². The summed E-state index contributed by atoms with van der Waals surface area (Å²) in [5, 5.41) is 11.4. The van der Waals surface area contributed by atoms with Gasteiger partial charge in [-0.2, -0.15) is 5.26 Å². The standard InChI is InChI=1S/C10H5F5N2O/c1-4(2-16)17-18-3-5-6(11)8(13)10(15)9(14)7(5)12/h3H2,1H3/b17-4+. The molecule has 0 fully saturated rings. The molecule has 0 atom stereocenters. The summed E-state index contributed by atoms with van der Waals surface area (Å²) in [7, 11) is 0. The maximum Gasteiger partial charge on any atom is 0.200 e. The monoisotopic (exact) mass is 264 g/mol. The lowest BCUT2D eigenvalue weighted by Crippen LogP contribution is -2.08. The van der Waals surface area contributed by atoms with Gasteiger partial charge in [0.1, 0.15) is 12.7 Å². The molecule has 3 nitrogen and oxygen atoms in total. The van der Waals surface area contributed by atoms with Crippen LogP contribution in [0.4, 0.5) is 22.0 Å². The van der Waals surface area contributed by atoms with Gasteiger partial charge in [0.2, 0.25) is 5.82 Å². The van der Waals surface area contributed by atoms with Gasteiger partial charge in [-0.25, -0.2) is 22.0 Å². The van der Waals surface area contributed by atoms with Gasteiger partial charge >= 0.3 is 0 Å². The van der Waals surface area contributed by atoms with Crippen LogP contribution < -0.4 is 0 Å². The lowest BCUT2D eigenvalue weighted by atomic mass is 10.2. The number of nitriles is 1. The molecule has 0 N–H and O–H groups in total. The predicted octanol–water partition coefficient (Wildman–Crippen LogP) is 2.80. The molecule has 0 radical (unpaired) electrons. The zero-order chi connectivity index (χ0) is 13.9. The minimum absolute atomic E-state index is 0.168. The van der Waals surface area contributed by atoms with E-state index in [1.807, 2.05) is 0 Å². The van der Waals surface area contributed by atoms with E-state index >= 15 is 0 Å². The van der Waals surface area contributed by atoms with Crippen molar-refractivity contribution in [3.05, 3.63) is 34.6 Å². The predicted molar refractivity (Wildman–Crippen MR) is 49.7 cm³/mol. The normalized spacial score (nSPS) is 11.3. The van der Waals surface area contributed by atoms with Crippen LogP contribution in [-0.2, 0) is 11.4 Å². The zero-order valence-electron chi connectivity index (χ0n) is 8.90. The number of rotatable bonds is 3. The fraction of sp³-hybridized carbons (Fsp3) is 0.200. The van der Waals surface area contributed by atoms with E-state index in [9.17, 15) is 22.0 Å². The van der Waals surface area contributed by atoms with E-state index in [0.717, 1.165) is 0 Å². The van der Waals surface area contributed by atoms with E-state index in [1.165, 1.54) is 6.92 Å². The van der Waals surface area contributed by atoms with E-state index < -0.39 is 41.3 Å². The third-order valence-electron chi connectivity index (χ3n) is 1.87. The Hall–Kier alpha value is -2.17. The summed E-state index contributed by atoms with van der Waals surface area (Å²) in [4.78, 5) is 4.31. The Morgan fingerprint density at radius 3 is 1.94 bits per heavy atom. The summed E-state index contributed by atoms with van der Waals surface area (Å²) in [5.74, 6) is -10.3. The molecule has 0 aromatic heterocycles. The highest BCUT2D eigenvalue weighted by molar-refractivity contribution is 5.95. The molecule has 0 saturated carbocycles. The minimum Gasteiger partial charge on any atom is -0.390 e. The van der Waals surface area contributed by atoms with Gasteiger partial charge in [-0.3, -0.25) is 0 Å². The first-order chi connectivity index (χ1) is 8.40. The van der Waals surface area contributed by atoms with Gasteiger partial charge in [0.05, 0.1) is 5.56 Å². The fourth-order valence-corrected chi connectivity index (χ4v) is 0.991. The van der Waals surface area contributed by atoms with Crippen molar-refractivity contribution < 1.29 is 26.8 Å². The molecule has 8 heteroatoms. The van der Waals surface area contributed by atoms with Crippen LogP contribution in [0, 0.1) is 40.4 Å². The summed E-state index contributed by atoms with van der Waals surface area (Å²) < 4.78 is 64.4. The Kier molecular flexibility index (Phi) is 4.20. The molecule has 0 saturated heterocycles. The molecule has 0 amide bonds. The van der Waals surface area contributed by atoms with Gasteiger partial charge in [-0.05, 0) is 6.92 Å². The number of oxime groups is 1. The van der Waals surface area contributed by atoms with Crippen molar-refractivity contribution in [2.45, 2.75) is 13.5 Å². The number of hydrogen-bond acceptors (Lipinski definition) is 3. The Morgan fingerprint density at radius 2 is 1.50 bits per heavy atom. The lowest BCUT2D eigenvalue weighted by Gasteiger charge is -2.06. The highest BCUT2D eigenvalue weighted by atomic mass is 19.2. The van der Waals surface area contributed by atoms with E-state index in [-0.39, 0.29) is 5.71 Å². The maximum absolute atomic E-state index is 13.1. The maximum atomic E-state index is 13.1. The summed E-state index contributed by atoms with van der Waals surface area (Å²) >= 11 is 0. The Bertz CT molecular complexity index is 521. The molecule has 18 heavy (non-hydrogen) atoms. The average molecular weight is 264 g/mol. The van der Waals surface area contributed by atoms with Crippen LogP contribution in [-0.4, -0.2) is 5.71 Å². The summed E-state index contributed by atoms with van der Waals surface area (Å²) in [6, 6.07) is 1.54. The van der Waals surface area contributed by atoms with Crippen molar-refractivity contribution >= 4 is 5.71 Å². The van der Waals surface area contributed by atoms with Gasteiger partial charge in [0.15, 0.2) is 29.0 Å². The SMILES string of the molecule is C/C(C#N)=N\OCc1c(F)c(F)c(F)c(F)c1F. The third-order valence-corrected chi connectivity index (χ3v) is 1.87. The quantitative estimate of drug-likeness (QED) is 0.277. The number of benzene rings is 1. The molecule has 96 valence electrons. The number of halogens is 5. The van der Waals surface area contributed by atoms with Crippen molar-refractivity contribution in [1.82, 2.24) is 0 Å². The van der Waals surface area contributed by atoms with Gasteiger partial charge in [-0.15, -0.1) is 0 Å². The molecule has 1 rings (SSSR count). The van der Waals surface area contributed by atoms with Crippen LogP contribution in [0.5, 0.6) is 0 Å². The van der Waals surface area contributed by atoms with Crippen molar-refractivity contribution in [3.8, 4) is 6.07 Å². The summed E-state index contributed by atoms with van der Waals surface area (Å²) in [6.45, 7) is 0.253. The molecular weight excluding hydrogens is 259 g/mol. The highest BCUT2D eigenvalue weighted by Gasteiger charge is 2.25. The molecular formula is C10H5F5N2O. The van der Waals surface area contributed by atoms with Crippen molar-refractivity contribution in [2.75, 3.05) is 0 Å².